The Morgan fingerprint density at radius 1 is 1.33 bits per heavy atom. The number of benzene rings is 1. The van der Waals surface area contributed by atoms with Crippen molar-refractivity contribution in [3.63, 3.8) is 0 Å². The molecule has 0 spiro atoms. The topological polar surface area (TPSA) is 45.2 Å². The Bertz CT molecular complexity index is 557. The number of hydrogen-bond donors (Lipinski definition) is 2. The molecule has 1 unspecified atom stereocenters. The van der Waals surface area contributed by atoms with Crippen molar-refractivity contribution < 1.29 is 5.11 Å². The van der Waals surface area contributed by atoms with Gasteiger partial charge in [0.05, 0.1) is 5.69 Å². The van der Waals surface area contributed by atoms with Gasteiger partial charge in [0.25, 0.3) is 0 Å². The summed E-state index contributed by atoms with van der Waals surface area (Å²) in [4.78, 5) is 4.10. The quantitative estimate of drug-likeness (QED) is 0.824. The third-order valence-electron chi connectivity index (χ3n) is 2.72. The zero-order valence-corrected chi connectivity index (χ0v) is 11.1. The van der Waals surface area contributed by atoms with Gasteiger partial charge < -0.3 is 10.4 Å². The van der Waals surface area contributed by atoms with Crippen LogP contribution in [0.4, 0.5) is 5.69 Å². The molecule has 0 saturated carbocycles. The van der Waals surface area contributed by atoms with Gasteiger partial charge in [0.2, 0.25) is 0 Å². The Morgan fingerprint density at radius 3 is 2.83 bits per heavy atom. The fourth-order valence-electron chi connectivity index (χ4n) is 1.76. The van der Waals surface area contributed by atoms with Gasteiger partial charge in [-0.25, -0.2) is 4.98 Å². The molecule has 1 aromatic carbocycles. The predicted molar refractivity (Wildman–Crippen MR) is 74.1 cm³/mol. The van der Waals surface area contributed by atoms with E-state index < -0.39 is 0 Å². The number of nitrogens with zero attached hydrogens (tertiary/aromatic N) is 1. The van der Waals surface area contributed by atoms with Gasteiger partial charge in [-0.2, -0.15) is 0 Å². The molecule has 18 heavy (non-hydrogen) atoms. The van der Waals surface area contributed by atoms with Gasteiger partial charge in [0.15, 0.2) is 5.15 Å². The van der Waals surface area contributed by atoms with Crippen molar-refractivity contribution in [2.45, 2.75) is 19.9 Å². The van der Waals surface area contributed by atoms with Gasteiger partial charge in [-0.15, -0.1) is 0 Å². The van der Waals surface area contributed by atoms with Gasteiger partial charge >= 0.3 is 0 Å². The number of anilines is 1. The molecule has 0 aliphatic heterocycles. The maximum absolute atomic E-state index is 9.46. The van der Waals surface area contributed by atoms with Gasteiger partial charge in [-0.3, -0.25) is 0 Å². The number of hydrogen-bond acceptors (Lipinski definition) is 3. The number of aromatic hydroxyl groups is 1. The standard InChI is InChI=1S/C14H15ClN2O/c1-9-6-13(14(15)16-8-9)17-10(2)11-4-3-5-12(18)7-11/h3-8,10,17-18H,1-2H3. The zero-order chi connectivity index (χ0) is 13.1. The van der Waals surface area contributed by atoms with Crippen LogP contribution in [-0.2, 0) is 0 Å². The van der Waals surface area contributed by atoms with Crippen LogP contribution in [0, 0.1) is 6.92 Å². The molecule has 1 atom stereocenters. The van der Waals surface area contributed by atoms with E-state index >= 15 is 0 Å². The lowest BCUT2D eigenvalue weighted by Crippen LogP contribution is -2.07. The third-order valence-corrected chi connectivity index (χ3v) is 3.02. The van der Waals surface area contributed by atoms with Crippen LogP contribution in [0.25, 0.3) is 0 Å². The molecular formula is C14H15ClN2O. The molecule has 0 aliphatic carbocycles. The van der Waals surface area contributed by atoms with Crippen molar-refractivity contribution >= 4 is 17.3 Å². The van der Waals surface area contributed by atoms with Crippen LogP contribution in [0.1, 0.15) is 24.1 Å². The van der Waals surface area contributed by atoms with E-state index in [0.29, 0.717) is 5.15 Å². The largest absolute Gasteiger partial charge is 0.508 e. The summed E-state index contributed by atoms with van der Waals surface area (Å²) in [5.74, 6) is 0.259. The Morgan fingerprint density at radius 2 is 2.11 bits per heavy atom. The van der Waals surface area contributed by atoms with E-state index in [1.807, 2.05) is 32.0 Å². The number of aryl methyl sites for hydroxylation is 1. The van der Waals surface area contributed by atoms with Gasteiger partial charge in [0.1, 0.15) is 5.75 Å². The average Bonchev–Trinajstić information content (AvgIpc) is 2.34. The lowest BCUT2D eigenvalue weighted by molar-refractivity contribution is 0.474. The number of halogens is 1. The highest BCUT2D eigenvalue weighted by molar-refractivity contribution is 6.31. The molecule has 0 amide bonds. The molecule has 2 rings (SSSR count). The molecule has 1 heterocycles. The molecule has 2 aromatic rings. The number of phenolic OH excluding ortho intramolecular Hbond substituents is 1. The second kappa shape index (κ2) is 5.27. The van der Waals surface area contributed by atoms with Gasteiger partial charge in [0, 0.05) is 12.2 Å². The Balaban J connectivity index is 2.21. The molecule has 0 fully saturated rings. The summed E-state index contributed by atoms with van der Waals surface area (Å²) in [5, 5.41) is 13.2. The summed E-state index contributed by atoms with van der Waals surface area (Å²) in [6, 6.07) is 9.15. The number of nitrogens with one attached hydrogen (secondary N) is 1. The SMILES string of the molecule is Cc1cnc(Cl)c(NC(C)c2cccc(O)c2)c1. The molecule has 0 saturated heterocycles. The third kappa shape index (κ3) is 2.93. The van der Waals surface area contributed by atoms with Crippen LogP contribution in [0.3, 0.4) is 0 Å². The lowest BCUT2D eigenvalue weighted by Gasteiger charge is -2.17. The summed E-state index contributed by atoms with van der Waals surface area (Å²) in [6.45, 7) is 3.97. The second-order valence-electron chi connectivity index (χ2n) is 4.31. The van der Waals surface area contributed by atoms with Crippen molar-refractivity contribution in [2.24, 2.45) is 0 Å². The molecule has 0 radical (unpaired) electrons. The molecule has 4 heteroatoms. The van der Waals surface area contributed by atoms with Gasteiger partial charge in [-0.1, -0.05) is 23.7 Å². The molecule has 0 aliphatic rings. The monoisotopic (exact) mass is 262 g/mol. The molecule has 1 aromatic heterocycles. The molecule has 3 nitrogen and oxygen atoms in total. The van der Waals surface area contributed by atoms with Crippen molar-refractivity contribution in [3.05, 3.63) is 52.8 Å². The van der Waals surface area contributed by atoms with Crippen molar-refractivity contribution in [3.8, 4) is 5.75 Å². The normalized spacial score (nSPS) is 12.2. The first-order chi connectivity index (χ1) is 8.56. The summed E-state index contributed by atoms with van der Waals surface area (Å²) >= 11 is 6.04. The minimum Gasteiger partial charge on any atom is -0.508 e. The average molecular weight is 263 g/mol. The smallest absolute Gasteiger partial charge is 0.152 e. The first-order valence-corrected chi connectivity index (χ1v) is 6.11. The Labute approximate surface area is 111 Å². The van der Waals surface area contributed by atoms with Crippen LogP contribution in [-0.4, -0.2) is 10.1 Å². The second-order valence-corrected chi connectivity index (χ2v) is 4.67. The summed E-state index contributed by atoms with van der Waals surface area (Å²) < 4.78 is 0. The highest BCUT2D eigenvalue weighted by Crippen LogP contribution is 2.26. The van der Waals surface area contributed by atoms with E-state index in [0.717, 1.165) is 16.8 Å². The number of pyridine rings is 1. The van der Waals surface area contributed by atoms with Crippen LogP contribution in [0.2, 0.25) is 5.15 Å². The molecule has 94 valence electrons. The van der Waals surface area contributed by atoms with E-state index in [2.05, 4.69) is 10.3 Å². The van der Waals surface area contributed by atoms with E-state index in [9.17, 15) is 5.11 Å². The van der Waals surface area contributed by atoms with E-state index in [1.54, 1.807) is 18.3 Å². The maximum Gasteiger partial charge on any atom is 0.152 e. The van der Waals surface area contributed by atoms with Crippen LogP contribution < -0.4 is 5.32 Å². The van der Waals surface area contributed by atoms with Crippen molar-refractivity contribution in [2.75, 3.05) is 5.32 Å². The van der Waals surface area contributed by atoms with Crippen molar-refractivity contribution in [1.29, 1.82) is 0 Å². The minimum atomic E-state index is 0.0400. The molecular weight excluding hydrogens is 248 g/mol. The Kier molecular flexibility index (Phi) is 3.72. The maximum atomic E-state index is 9.46. The number of phenols is 1. The predicted octanol–water partition coefficient (Wildman–Crippen LogP) is 3.92. The lowest BCUT2D eigenvalue weighted by atomic mass is 10.1. The zero-order valence-electron chi connectivity index (χ0n) is 10.3. The minimum absolute atomic E-state index is 0.0400. The molecule has 0 bridgehead atoms. The first-order valence-electron chi connectivity index (χ1n) is 5.74. The highest BCUT2D eigenvalue weighted by atomic mass is 35.5. The number of rotatable bonds is 3. The fourth-order valence-corrected chi connectivity index (χ4v) is 1.92. The van der Waals surface area contributed by atoms with Crippen LogP contribution in [0.5, 0.6) is 5.75 Å². The number of aromatic nitrogens is 1. The van der Waals surface area contributed by atoms with E-state index in [1.165, 1.54) is 0 Å². The fraction of sp³-hybridized carbons (Fsp3) is 0.214. The molecule has 2 N–H and O–H groups in total. The van der Waals surface area contributed by atoms with E-state index in [4.69, 9.17) is 11.6 Å². The van der Waals surface area contributed by atoms with Crippen LogP contribution >= 0.6 is 11.6 Å². The Hall–Kier alpha value is -1.74. The summed E-state index contributed by atoms with van der Waals surface area (Å²) in [5.41, 5.74) is 2.84. The van der Waals surface area contributed by atoms with Crippen LogP contribution in [0.15, 0.2) is 36.5 Å². The van der Waals surface area contributed by atoms with E-state index in [-0.39, 0.29) is 11.8 Å². The van der Waals surface area contributed by atoms with Gasteiger partial charge in [-0.05, 0) is 43.2 Å². The summed E-state index contributed by atoms with van der Waals surface area (Å²) in [7, 11) is 0. The van der Waals surface area contributed by atoms with Crippen molar-refractivity contribution in [1.82, 2.24) is 4.98 Å². The summed E-state index contributed by atoms with van der Waals surface area (Å²) in [6.07, 6.45) is 1.73. The highest BCUT2D eigenvalue weighted by Gasteiger charge is 2.09. The first kappa shape index (κ1) is 12.7.